The van der Waals surface area contributed by atoms with Gasteiger partial charge >= 0.3 is 0 Å². The van der Waals surface area contributed by atoms with E-state index in [1.807, 2.05) is 11.8 Å². The number of anilines is 3. The average molecular weight is 972 g/mol. The molecule has 4 aliphatic rings. The average Bonchev–Trinajstić information content (AvgIpc) is 4.16. The van der Waals surface area contributed by atoms with Crippen LogP contribution < -0.4 is 9.64 Å². The summed E-state index contributed by atoms with van der Waals surface area (Å²) in [5.41, 5.74) is 21.7. The van der Waals surface area contributed by atoms with E-state index in [4.69, 9.17) is 4.74 Å². The monoisotopic (exact) mass is 971 g/mol. The molecule has 3 heteroatoms. The highest BCUT2D eigenvalue weighted by Crippen LogP contribution is 2.67. The second kappa shape index (κ2) is 16.2. The first kappa shape index (κ1) is 42.4. The second-order valence-corrected chi connectivity index (χ2v) is 21.3. The van der Waals surface area contributed by atoms with E-state index in [9.17, 15) is 0 Å². The summed E-state index contributed by atoms with van der Waals surface area (Å²) in [6.45, 7) is 0. The van der Waals surface area contributed by atoms with Gasteiger partial charge in [-0.1, -0.05) is 236 Å². The summed E-state index contributed by atoms with van der Waals surface area (Å²) in [5, 5.41) is 2.50. The van der Waals surface area contributed by atoms with E-state index in [1.165, 1.54) is 87.3 Å². The van der Waals surface area contributed by atoms with Gasteiger partial charge in [-0.25, -0.2) is 0 Å². The fourth-order valence-electron chi connectivity index (χ4n) is 13.6. The van der Waals surface area contributed by atoms with Crippen molar-refractivity contribution >= 4 is 39.6 Å². The van der Waals surface area contributed by atoms with Crippen LogP contribution in [-0.4, -0.2) is 0 Å². The first-order chi connectivity index (χ1) is 37.2. The number of hydrogen-bond acceptors (Lipinski definition) is 3. The molecular weight excluding hydrogens is 927 g/mol. The Morgan fingerprint density at radius 3 is 1.36 bits per heavy atom. The SMILES string of the molecule is c1ccc(-c2ccc(-c3ccccc3N(c3cccc4c3-c3ccccc3C43c4ccccc4Oc4ccccc43)c3cccc4c3-c3ccccc3C43c4ccccc4Sc4cc5ccccc5cc43)cc2)cc1. The number of nitrogens with zero attached hydrogens (tertiary/aromatic N) is 1. The molecule has 12 aromatic carbocycles. The lowest BCUT2D eigenvalue weighted by atomic mass is 9.66. The van der Waals surface area contributed by atoms with E-state index in [0.717, 1.165) is 50.8 Å². The minimum Gasteiger partial charge on any atom is -0.457 e. The Balaban J connectivity index is 1.02. The predicted molar refractivity (Wildman–Crippen MR) is 308 cm³/mol. The molecule has 2 heterocycles. The van der Waals surface area contributed by atoms with Crippen molar-refractivity contribution in [2.24, 2.45) is 0 Å². The van der Waals surface area contributed by atoms with Crippen LogP contribution in [0.4, 0.5) is 17.1 Å². The summed E-state index contributed by atoms with van der Waals surface area (Å²) in [7, 11) is 0. The number of benzene rings is 12. The fourth-order valence-corrected chi connectivity index (χ4v) is 14.9. The first-order valence-electron chi connectivity index (χ1n) is 25.9. The minimum atomic E-state index is -0.642. The molecule has 16 rings (SSSR count). The van der Waals surface area contributed by atoms with Gasteiger partial charge in [0.15, 0.2) is 0 Å². The van der Waals surface area contributed by atoms with Crippen LogP contribution in [0.3, 0.4) is 0 Å². The summed E-state index contributed by atoms with van der Waals surface area (Å²) in [6, 6.07) is 102. The molecule has 2 nitrogen and oxygen atoms in total. The Labute approximate surface area is 440 Å². The van der Waals surface area contributed by atoms with E-state index in [0.29, 0.717) is 0 Å². The molecule has 2 aliphatic carbocycles. The third-order valence-electron chi connectivity index (χ3n) is 16.6. The van der Waals surface area contributed by atoms with Gasteiger partial charge < -0.3 is 9.64 Å². The van der Waals surface area contributed by atoms with Crippen LogP contribution in [0.1, 0.15) is 44.5 Å². The number of fused-ring (bicyclic) bond motifs is 19. The molecule has 350 valence electrons. The fraction of sp³-hybridized carbons (Fsp3) is 0.0278. The standard InChI is InChI=1S/C72H45NOS/c1-2-20-46(21-3-1)47-40-42-48(43-41-47)51-24-8-14-34-62(51)73(63-35-18-32-59-69(63)52-25-6-9-27-54(52)71(59)56-29-11-15-37-65(56)74-66-38-16-12-30-57(66)71)64-36-19-33-60-70(64)53-26-7-10-28-55(53)72(60)58-31-13-17-39-67(58)75-68-45-50-23-5-4-22-49(50)44-61(68)72/h1-45H. The third kappa shape index (κ3) is 5.82. The van der Waals surface area contributed by atoms with Crippen molar-refractivity contribution in [2.75, 3.05) is 4.90 Å². The molecule has 2 aliphatic heterocycles. The minimum absolute atomic E-state index is 0.591. The Bertz CT molecular complexity index is 4280. The molecule has 0 aromatic heterocycles. The van der Waals surface area contributed by atoms with Crippen molar-refractivity contribution < 1.29 is 4.74 Å². The molecular formula is C72H45NOS. The van der Waals surface area contributed by atoms with E-state index < -0.39 is 10.8 Å². The highest BCUT2D eigenvalue weighted by atomic mass is 32.2. The molecule has 75 heavy (non-hydrogen) atoms. The molecule has 1 atom stereocenters. The lowest BCUT2D eigenvalue weighted by molar-refractivity contribution is 0.436. The zero-order valence-corrected chi connectivity index (χ0v) is 41.6. The van der Waals surface area contributed by atoms with Crippen molar-refractivity contribution in [1.82, 2.24) is 0 Å². The highest BCUT2D eigenvalue weighted by Gasteiger charge is 2.54. The summed E-state index contributed by atoms with van der Waals surface area (Å²) in [4.78, 5) is 5.20. The first-order valence-corrected chi connectivity index (χ1v) is 26.7. The second-order valence-electron chi connectivity index (χ2n) is 20.2. The number of hydrogen-bond donors (Lipinski definition) is 0. The molecule has 0 N–H and O–H groups in total. The maximum Gasteiger partial charge on any atom is 0.132 e. The topological polar surface area (TPSA) is 12.5 Å². The molecule has 0 radical (unpaired) electrons. The van der Waals surface area contributed by atoms with Crippen LogP contribution in [0.15, 0.2) is 283 Å². The molecule has 0 fully saturated rings. The zero-order valence-electron chi connectivity index (χ0n) is 40.7. The molecule has 0 saturated heterocycles. The molecule has 0 saturated carbocycles. The van der Waals surface area contributed by atoms with E-state index in [1.54, 1.807) is 0 Å². The number of ether oxygens (including phenoxy) is 1. The summed E-state index contributed by atoms with van der Waals surface area (Å²) >= 11 is 1.90. The maximum atomic E-state index is 6.81. The molecule has 12 aromatic rings. The molecule has 0 amide bonds. The van der Waals surface area contributed by atoms with Gasteiger partial charge in [-0.15, -0.1) is 0 Å². The van der Waals surface area contributed by atoms with Crippen molar-refractivity contribution in [1.29, 1.82) is 0 Å². The van der Waals surface area contributed by atoms with Crippen LogP contribution in [0.25, 0.3) is 55.3 Å². The normalized spacial score (nSPS) is 15.4. The van der Waals surface area contributed by atoms with Gasteiger partial charge in [0.25, 0.3) is 0 Å². The van der Waals surface area contributed by atoms with Gasteiger partial charge in [0.2, 0.25) is 0 Å². The van der Waals surface area contributed by atoms with Crippen LogP contribution >= 0.6 is 11.8 Å². The van der Waals surface area contributed by atoms with E-state index in [2.05, 4.69) is 278 Å². The van der Waals surface area contributed by atoms with Crippen LogP contribution in [-0.2, 0) is 10.8 Å². The molecule has 2 spiro atoms. The lowest BCUT2D eigenvalue weighted by Gasteiger charge is -2.40. The van der Waals surface area contributed by atoms with Gasteiger partial charge in [-0.05, 0) is 121 Å². The Morgan fingerprint density at radius 1 is 0.280 bits per heavy atom. The van der Waals surface area contributed by atoms with Crippen molar-refractivity contribution in [3.63, 3.8) is 0 Å². The summed E-state index contributed by atoms with van der Waals surface area (Å²) in [5.74, 6) is 1.76. The Kier molecular flexibility index (Phi) is 9.14. The predicted octanol–water partition coefficient (Wildman–Crippen LogP) is 18.9. The molecule has 0 bridgehead atoms. The van der Waals surface area contributed by atoms with Gasteiger partial charge in [0.05, 0.1) is 27.9 Å². The Hall–Kier alpha value is -9.15. The quantitative estimate of drug-likeness (QED) is 0.171. The largest absolute Gasteiger partial charge is 0.457 e. The number of para-hydroxylation sites is 3. The van der Waals surface area contributed by atoms with E-state index >= 15 is 0 Å². The summed E-state index contributed by atoms with van der Waals surface area (Å²) < 4.78 is 6.81. The third-order valence-corrected chi connectivity index (χ3v) is 17.7. The smallest absolute Gasteiger partial charge is 0.132 e. The van der Waals surface area contributed by atoms with Crippen molar-refractivity contribution in [3.05, 3.63) is 317 Å². The van der Waals surface area contributed by atoms with Crippen molar-refractivity contribution in [2.45, 2.75) is 20.6 Å². The maximum absolute atomic E-state index is 6.81. The van der Waals surface area contributed by atoms with E-state index in [-0.39, 0.29) is 0 Å². The summed E-state index contributed by atoms with van der Waals surface area (Å²) in [6.07, 6.45) is 0. The number of rotatable bonds is 5. The Morgan fingerprint density at radius 2 is 0.720 bits per heavy atom. The van der Waals surface area contributed by atoms with Gasteiger partial charge in [0.1, 0.15) is 11.5 Å². The van der Waals surface area contributed by atoms with Gasteiger partial charge in [0, 0.05) is 37.6 Å². The highest BCUT2D eigenvalue weighted by molar-refractivity contribution is 7.99. The van der Waals surface area contributed by atoms with Crippen LogP contribution in [0, 0.1) is 0 Å². The molecule has 1 unspecified atom stereocenters. The van der Waals surface area contributed by atoms with Crippen LogP contribution in [0.5, 0.6) is 11.5 Å². The van der Waals surface area contributed by atoms with Crippen LogP contribution in [0.2, 0.25) is 0 Å². The zero-order chi connectivity index (χ0) is 49.2. The van der Waals surface area contributed by atoms with Gasteiger partial charge in [-0.3, -0.25) is 0 Å². The van der Waals surface area contributed by atoms with Crippen molar-refractivity contribution in [3.8, 4) is 56.0 Å². The lowest BCUT2D eigenvalue weighted by Crippen LogP contribution is -2.32. The van der Waals surface area contributed by atoms with Gasteiger partial charge in [-0.2, -0.15) is 0 Å².